The minimum atomic E-state index is -4.51. The number of aliphatic imine (C=N–C) groups is 1. The third kappa shape index (κ3) is 3.87. The smallest absolute Gasteiger partial charge is 0.378 e. The molecule has 0 saturated heterocycles. The van der Waals surface area contributed by atoms with Crippen LogP contribution in [-0.2, 0) is 28.2 Å². The maximum absolute atomic E-state index is 14.7. The van der Waals surface area contributed by atoms with Crippen LogP contribution in [0.15, 0.2) is 35.5 Å². The van der Waals surface area contributed by atoms with Crippen molar-refractivity contribution in [2.75, 3.05) is 18.1 Å². The molecule has 12 heteroatoms. The predicted molar refractivity (Wildman–Crippen MR) is 111 cm³/mol. The first-order valence-electron chi connectivity index (χ1n) is 9.75. The summed E-state index contributed by atoms with van der Waals surface area (Å²) >= 11 is 0. The van der Waals surface area contributed by atoms with Gasteiger partial charge in [0.25, 0.3) is 0 Å². The minimum absolute atomic E-state index is 0.0162. The number of nitrogens with one attached hydrogen (secondary N) is 1. The Morgan fingerprint density at radius 3 is 2.66 bits per heavy atom. The van der Waals surface area contributed by atoms with E-state index in [9.17, 15) is 26.0 Å². The molecule has 2 aliphatic rings. The number of fused-ring (bicyclic) bond motifs is 1. The number of hydrogen-bond acceptors (Lipinski definition) is 6. The Kier molecular flexibility index (Phi) is 5.11. The number of alkyl halides is 3. The van der Waals surface area contributed by atoms with E-state index in [0.717, 1.165) is 16.6 Å². The average Bonchev–Trinajstić information content (AvgIpc) is 3.08. The largest absolute Gasteiger partial charge is 0.417 e. The highest BCUT2D eigenvalue weighted by Crippen LogP contribution is 2.39. The molecule has 172 valence electrons. The van der Waals surface area contributed by atoms with E-state index in [4.69, 9.17) is 5.73 Å². The van der Waals surface area contributed by atoms with Crippen LogP contribution in [-0.4, -0.2) is 36.5 Å². The lowest BCUT2D eigenvalue weighted by molar-refractivity contribution is -0.137. The number of nitrogens with zero attached hydrogens (tertiary/aromatic N) is 3. The second-order valence-corrected chi connectivity index (χ2v) is 10.2. The summed E-state index contributed by atoms with van der Waals surface area (Å²) in [6.07, 6.45) is -2.68. The molecule has 0 fully saturated rings. The van der Waals surface area contributed by atoms with Crippen molar-refractivity contribution in [3.63, 3.8) is 0 Å². The lowest BCUT2D eigenvalue weighted by atomic mass is 9.93. The van der Waals surface area contributed by atoms with Gasteiger partial charge in [0.15, 0.2) is 0 Å². The van der Waals surface area contributed by atoms with Crippen LogP contribution in [0.25, 0.3) is 0 Å². The van der Waals surface area contributed by atoms with Gasteiger partial charge < -0.3 is 11.1 Å². The molecule has 0 saturated carbocycles. The number of aromatic nitrogens is 1. The first-order chi connectivity index (χ1) is 14.8. The monoisotopic (exact) mass is 471 g/mol. The van der Waals surface area contributed by atoms with Crippen molar-refractivity contribution < 1.29 is 26.0 Å². The number of guanidine groups is 1. The predicted octanol–water partition coefficient (Wildman–Crippen LogP) is 3.14. The van der Waals surface area contributed by atoms with Crippen LogP contribution < -0.4 is 11.1 Å². The highest BCUT2D eigenvalue weighted by molar-refractivity contribution is 7.89. The van der Waals surface area contributed by atoms with Crippen molar-refractivity contribution in [1.82, 2.24) is 9.29 Å². The Hall–Kier alpha value is -2.89. The Labute approximate surface area is 182 Å². The molecule has 32 heavy (non-hydrogen) atoms. The quantitative estimate of drug-likeness (QED) is 0.670. The normalized spacial score (nSPS) is 24.8. The Balaban J connectivity index is 1.68. The van der Waals surface area contributed by atoms with E-state index in [-0.39, 0.29) is 11.5 Å². The van der Waals surface area contributed by atoms with Gasteiger partial charge in [-0.25, -0.2) is 22.1 Å². The first-order valence-corrected chi connectivity index (χ1v) is 11.4. The van der Waals surface area contributed by atoms with E-state index in [1.54, 1.807) is 0 Å². The molecule has 1 aliphatic heterocycles. The number of aryl methyl sites for hydroxylation is 1. The second kappa shape index (κ2) is 7.32. The second-order valence-electron chi connectivity index (χ2n) is 8.16. The molecule has 0 spiro atoms. The van der Waals surface area contributed by atoms with E-state index < -0.39 is 44.9 Å². The molecule has 0 bridgehead atoms. The van der Waals surface area contributed by atoms with Crippen LogP contribution in [0.4, 0.5) is 23.2 Å². The highest BCUT2D eigenvalue weighted by atomic mass is 32.2. The number of anilines is 1. The number of benzene rings is 1. The van der Waals surface area contributed by atoms with Crippen LogP contribution in [0, 0.1) is 5.82 Å². The third-order valence-electron chi connectivity index (χ3n) is 5.83. The zero-order valence-corrected chi connectivity index (χ0v) is 18.1. The van der Waals surface area contributed by atoms with E-state index >= 15 is 0 Å². The third-order valence-corrected chi connectivity index (χ3v) is 7.78. The zero-order valence-electron chi connectivity index (χ0n) is 17.2. The molecule has 2 heterocycles. The van der Waals surface area contributed by atoms with Crippen LogP contribution in [0.5, 0.6) is 0 Å². The van der Waals surface area contributed by atoms with E-state index in [1.807, 2.05) is 0 Å². The number of pyridine rings is 1. The van der Waals surface area contributed by atoms with E-state index in [2.05, 4.69) is 15.3 Å². The van der Waals surface area contributed by atoms with Crippen LogP contribution in [0.3, 0.4) is 0 Å². The van der Waals surface area contributed by atoms with Crippen molar-refractivity contribution in [2.45, 2.75) is 37.5 Å². The van der Waals surface area contributed by atoms with Gasteiger partial charge in [-0.15, -0.1) is 0 Å². The van der Waals surface area contributed by atoms with Gasteiger partial charge in [0.05, 0.1) is 17.4 Å². The van der Waals surface area contributed by atoms with Crippen molar-refractivity contribution in [3.8, 4) is 0 Å². The Morgan fingerprint density at radius 2 is 2.00 bits per heavy atom. The molecule has 7 nitrogen and oxygen atoms in total. The molecule has 4 rings (SSSR count). The van der Waals surface area contributed by atoms with Gasteiger partial charge in [-0.3, -0.25) is 4.98 Å². The maximum atomic E-state index is 14.7. The molecule has 3 N–H and O–H groups in total. The van der Waals surface area contributed by atoms with Gasteiger partial charge in [0, 0.05) is 30.2 Å². The number of hydrogen-bond donors (Lipinski definition) is 2. The van der Waals surface area contributed by atoms with Gasteiger partial charge in [-0.1, -0.05) is 0 Å². The lowest BCUT2D eigenvalue weighted by Gasteiger charge is -2.34. The van der Waals surface area contributed by atoms with Gasteiger partial charge in [-0.05, 0) is 49.6 Å². The lowest BCUT2D eigenvalue weighted by Crippen LogP contribution is -2.50. The molecule has 0 radical (unpaired) electrons. The molecule has 2 atom stereocenters. The van der Waals surface area contributed by atoms with E-state index in [1.165, 1.54) is 32.2 Å². The summed E-state index contributed by atoms with van der Waals surface area (Å²) in [7, 11) is -2.53. The molecule has 2 unspecified atom stereocenters. The maximum Gasteiger partial charge on any atom is 0.417 e. The molecular weight excluding hydrogens is 450 g/mol. The fourth-order valence-corrected chi connectivity index (χ4v) is 5.53. The minimum Gasteiger partial charge on any atom is -0.378 e. The van der Waals surface area contributed by atoms with Crippen molar-refractivity contribution in [3.05, 3.63) is 58.7 Å². The van der Waals surface area contributed by atoms with Crippen LogP contribution >= 0.6 is 0 Å². The van der Waals surface area contributed by atoms with Crippen molar-refractivity contribution in [1.29, 1.82) is 0 Å². The highest BCUT2D eigenvalue weighted by Gasteiger charge is 2.42. The molecule has 0 amide bonds. The summed E-state index contributed by atoms with van der Waals surface area (Å²) < 4.78 is 79.7. The van der Waals surface area contributed by atoms with Crippen molar-refractivity contribution in [2.24, 2.45) is 10.7 Å². The van der Waals surface area contributed by atoms with Crippen molar-refractivity contribution >= 4 is 21.7 Å². The molecule has 1 aromatic heterocycles. The molecule has 1 aliphatic carbocycles. The van der Waals surface area contributed by atoms with Gasteiger partial charge in [-0.2, -0.15) is 13.2 Å². The van der Waals surface area contributed by atoms with E-state index in [0.29, 0.717) is 29.8 Å². The summed E-state index contributed by atoms with van der Waals surface area (Å²) in [5.41, 5.74) is 4.89. The SMILES string of the molecule is CN1C(N)=NC(C)(c2cc(NC3CCc4ncc(C(F)(F)F)cc43)ccc2F)CS1(=O)=O. The molecule has 2 aromatic rings. The summed E-state index contributed by atoms with van der Waals surface area (Å²) in [5.74, 6) is -1.41. The molecular formula is C20H21F4N5O2S. The van der Waals surface area contributed by atoms with Crippen LogP contribution in [0.1, 0.15) is 41.8 Å². The summed E-state index contributed by atoms with van der Waals surface area (Å²) in [6, 6.07) is 4.65. The summed E-state index contributed by atoms with van der Waals surface area (Å²) in [5, 5.41) is 3.13. The number of sulfonamides is 1. The zero-order chi connectivity index (χ0) is 23.5. The van der Waals surface area contributed by atoms with Gasteiger partial charge in [0.2, 0.25) is 16.0 Å². The fraction of sp³-hybridized carbons (Fsp3) is 0.400. The summed E-state index contributed by atoms with van der Waals surface area (Å²) in [4.78, 5) is 8.15. The Morgan fingerprint density at radius 1 is 1.28 bits per heavy atom. The average molecular weight is 471 g/mol. The number of nitrogens with two attached hydrogens (primary N) is 1. The standard InChI is InChI=1S/C20H21F4N5O2S/c1-19(10-32(30,31)29(2)18(25)28-19)14-8-12(3-4-15(14)21)27-17-6-5-16-13(17)7-11(9-26-16)20(22,23)24/h3-4,7-9,17,27H,5-6,10H2,1-2H3,(H2,25,28). The van der Waals surface area contributed by atoms with Crippen LogP contribution in [0.2, 0.25) is 0 Å². The number of rotatable bonds is 3. The Bertz CT molecular complexity index is 1210. The summed E-state index contributed by atoms with van der Waals surface area (Å²) in [6.45, 7) is 1.47. The van der Waals surface area contributed by atoms with Gasteiger partial charge in [0.1, 0.15) is 11.4 Å². The first kappa shape index (κ1) is 22.3. The fourth-order valence-electron chi connectivity index (χ4n) is 4.08. The topological polar surface area (TPSA) is 101 Å². The molecule has 1 aromatic carbocycles. The van der Waals surface area contributed by atoms with Gasteiger partial charge >= 0.3 is 6.18 Å². The number of halogens is 4.